The summed E-state index contributed by atoms with van der Waals surface area (Å²) in [6.45, 7) is 2.10. The van der Waals surface area contributed by atoms with Crippen LogP contribution >= 0.6 is 7.82 Å². The van der Waals surface area contributed by atoms with Gasteiger partial charge in [-0.05, 0) is 19.3 Å². The van der Waals surface area contributed by atoms with E-state index in [-0.39, 0.29) is 26.2 Å². The summed E-state index contributed by atoms with van der Waals surface area (Å²) >= 11 is 0. The van der Waals surface area contributed by atoms with Crippen molar-refractivity contribution < 1.29 is 22.9 Å². The first kappa shape index (κ1) is 21.5. The second-order valence-electron chi connectivity index (χ2n) is 5.98. The minimum atomic E-state index is -3.79. The van der Waals surface area contributed by atoms with Gasteiger partial charge in [-0.3, -0.25) is 27.9 Å². The molecule has 1 N–H and O–H groups in total. The van der Waals surface area contributed by atoms with Crippen LogP contribution in [-0.2, 0) is 22.9 Å². The van der Waals surface area contributed by atoms with E-state index < -0.39 is 31.4 Å². The Morgan fingerprint density at radius 1 is 1.33 bits per heavy atom. The second kappa shape index (κ2) is 10.5. The maximum Gasteiger partial charge on any atom is 0.474 e. The lowest BCUT2D eigenvalue weighted by atomic mass is 10.2. The van der Waals surface area contributed by atoms with Gasteiger partial charge in [0.25, 0.3) is 5.56 Å². The van der Waals surface area contributed by atoms with Gasteiger partial charge in [-0.15, -0.1) is 0 Å². The highest BCUT2D eigenvalue weighted by Crippen LogP contribution is 2.50. The molecule has 0 spiro atoms. The third-order valence-electron chi connectivity index (χ3n) is 3.88. The number of nitrogens with zero attached hydrogens (tertiary/aromatic N) is 2. The molecular formula is C16H24N3O7P. The molecule has 11 heteroatoms. The number of nitriles is 1. The highest BCUT2D eigenvalue weighted by Gasteiger charge is 2.32. The van der Waals surface area contributed by atoms with Crippen LogP contribution < -0.4 is 11.2 Å². The molecule has 1 unspecified atom stereocenters. The highest BCUT2D eigenvalue weighted by molar-refractivity contribution is 7.48. The number of aromatic amines is 1. The number of phosphoric acid groups is 1. The topological polar surface area (TPSA) is 133 Å². The summed E-state index contributed by atoms with van der Waals surface area (Å²) in [5.41, 5.74) is -1.03. The third-order valence-corrected chi connectivity index (χ3v) is 5.34. The van der Waals surface area contributed by atoms with Crippen LogP contribution in [0, 0.1) is 11.3 Å². The van der Waals surface area contributed by atoms with Gasteiger partial charge in [0.15, 0.2) is 0 Å². The summed E-state index contributed by atoms with van der Waals surface area (Å²) in [4.78, 5) is 25.1. The van der Waals surface area contributed by atoms with Crippen molar-refractivity contribution in [2.45, 2.75) is 51.4 Å². The molecule has 0 radical (unpaired) electrons. The van der Waals surface area contributed by atoms with Crippen LogP contribution in [-0.4, -0.2) is 35.5 Å². The Bertz CT molecular complexity index is 800. The van der Waals surface area contributed by atoms with Gasteiger partial charge in [0.2, 0.25) is 0 Å². The molecule has 0 amide bonds. The molecule has 1 aliphatic rings. The molecule has 0 bridgehead atoms. The fourth-order valence-corrected chi connectivity index (χ4v) is 3.72. The Morgan fingerprint density at radius 2 is 2.11 bits per heavy atom. The van der Waals surface area contributed by atoms with Crippen LogP contribution in [0.5, 0.6) is 0 Å². The normalized spacial score (nSPS) is 21.6. The lowest BCUT2D eigenvalue weighted by Gasteiger charge is -2.20. The zero-order valence-corrected chi connectivity index (χ0v) is 16.1. The fraction of sp³-hybridized carbons (Fsp3) is 0.688. The zero-order valence-electron chi connectivity index (χ0n) is 15.2. The molecule has 1 aromatic rings. The van der Waals surface area contributed by atoms with Crippen molar-refractivity contribution in [2.75, 3.05) is 19.8 Å². The first-order valence-corrected chi connectivity index (χ1v) is 10.3. The lowest BCUT2D eigenvalue weighted by Crippen LogP contribution is -2.31. The number of hydrogen-bond donors (Lipinski definition) is 1. The Hall–Kier alpha value is -1.76. The number of phosphoric ester groups is 1. The van der Waals surface area contributed by atoms with Crippen LogP contribution in [0.1, 0.15) is 45.3 Å². The van der Waals surface area contributed by atoms with E-state index in [1.165, 1.54) is 16.8 Å². The predicted molar refractivity (Wildman–Crippen MR) is 95.1 cm³/mol. The first-order chi connectivity index (χ1) is 13.0. The maximum absolute atomic E-state index is 12.6. The number of nitrogens with one attached hydrogen (secondary N) is 1. The van der Waals surface area contributed by atoms with Gasteiger partial charge in [0.05, 0.1) is 38.4 Å². The van der Waals surface area contributed by atoms with Crippen molar-refractivity contribution in [2.24, 2.45) is 0 Å². The molecule has 1 fully saturated rings. The Kier molecular flexibility index (Phi) is 8.41. The second-order valence-corrected chi connectivity index (χ2v) is 7.65. The van der Waals surface area contributed by atoms with E-state index >= 15 is 0 Å². The van der Waals surface area contributed by atoms with Crippen molar-refractivity contribution in [3.63, 3.8) is 0 Å². The molecule has 150 valence electrons. The van der Waals surface area contributed by atoms with E-state index in [4.69, 9.17) is 23.6 Å². The van der Waals surface area contributed by atoms with Gasteiger partial charge in [-0.25, -0.2) is 9.36 Å². The maximum atomic E-state index is 12.6. The summed E-state index contributed by atoms with van der Waals surface area (Å²) in [5.74, 6) is 0. The molecule has 1 saturated heterocycles. The summed E-state index contributed by atoms with van der Waals surface area (Å²) in [6, 6.07) is 3.14. The van der Waals surface area contributed by atoms with Crippen molar-refractivity contribution in [3.8, 4) is 6.07 Å². The van der Waals surface area contributed by atoms with E-state index in [1.807, 2.05) is 13.0 Å². The lowest BCUT2D eigenvalue weighted by molar-refractivity contribution is -0.0279. The van der Waals surface area contributed by atoms with E-state index in [0.717, 1.165) is 6.42 Å². The van der Waals surface area contributed by atoms with Crippen LogP contribution in [0.2, 0.25) is 0 Å². The minimum Gasteiger partial charge on any atom is -0.352 e. The highest BCUT2D eigenvalue weighted by atomic mass is 31.2. The van der Waals surface area contributed by atoms with Gasteiger partial charge in [0, 0.05) is 12.3 Å². The quantitative estimate of drug-likeness (QED) is 0.440. The number of hydrogen-bond acceptors (Lipinski definition) is 8. The van der Waals surface area contributed by atoms with Gasteiger partial charge in [0.1, 0.15) is 6.23 Å². The van der Waals surface area contributed by atoms with Crippen molar-refractivity contribution in [1.82, 2.24) is 9.55 Å². The third kappa shape index (κ3) is 6.72. The minimum absolute atomic E-state index is 0.0371. The van der Waals surface area contributed by atoms with Crippen molar-refractivity contribution in [3.05, 3.63) is 33.1 Å². The van der Waals surface area contributed by atoms with Gasteiger partial charge < -0.3 is 4.74 Å². The number of rotatable bonds is 11. The van der Waals surface area contributed by atoms with E-state index in [9.17, 15) is 14.2 Å². The summed E-state index contributed by atoms with van der Waals surface area (Å²) in [7, 11) is -3.79. The number of aromatic nitrogens is 2. The van der Waals surface area contributed by atoms with Crippen LogP contribution in [0.3, 0.4) is 0 Å². The van der Waals surface area contributed by atoms with Gasteiger partial charge in [-0.1, -0.05) is 13.3 Å². The molecule has 0 aromatic carbocycles. The zero-order chi connectivity index (χ0) is 19.7. The van der Waals surface area contributed by atoms with Crippen LogP contribution in [0.15, 0.2) is 21.9 Å². The monoisotopic (exact) mass is 401 g/mol. The van der Waals surface area contributed by atoms with E-state index in [2.05, 4.69) is 4.98 Å². The average molecular weight is 401 g/mol. The van der Waals surface area contributed by atoms with Gasteiger partial charge >= 0.3 is 13.5 Å². The number of unbranched alkanes of at least 4 members (excludes halogenated alkanes) is 1. The van der Waals surface area contributed by atoms with Crippen molar-refractivity contribution in [1.29, 1.82) is 5.26 Å². The number of H-pyrrole nitrogens is 1. The first-order valence-electron chi connectivity index (χ1n) is 8.85. The molecule has 0 saturated carbocycles. The van der Waals surface area contributed by atoms with Crippen LogP contribution in [0.4, 0.5) is 0 Å². The smallest absolute Gasteiger partial charge is 0.352 e. The Balaban J connectivity index is 1.90. The molecule has 3 atom stereocenters. The molecule has 1 aliphatic heterocycles. The summed E-state index contributed by atoms with van der Waals surface area (Å²) in [6.07, 6.45) is 3.17. The van der Waals surface area contributed by atoms with E-state index in [0.29, 0.717) is 19.3 Å². The van der Waals surface area contributed by atoms with E-state index in [1.54, 1.807) is 0 Å². The summed E-state index contributed by atoms with van der Waals surface area (Å²) in [5, 5.41) is 8.59. The fourth-order valence-electron chi connectivity index (χ4n) is 2.48. The molecule has 2 heterocycles. The Morgan fingerprint density at radius 3 is 2.81 bits per heavy atom. The summed E-state index contributed by atoms with van der Waals surface area (Å²) < 4.78 is 35.5. The molecule has 0 aliphatic carbocycles. The van der Waals surface area contributed by atoms with Crippen LogP contribution in [0.25, 0.3) is 0 Å². The molecule has 2 rings (SSSR count). The van der Waals surface area contributed by atoms with Crippen molar-refractivity contribution >= 4 is 7.82 Å². The Labute approximate surface area is 156 Å². The number of ether oxygens (including phenoxy) is 1. The SMILES string of the molecule is CCCCOP(=O)(OCCC#N)OC[C@@H]1CC[C@H](n2ccc(=O)[nH]c2=O)O1. The predicted octanol–water partition coefficient (Wildman–Crippen LogP) is 2.09. The van der Waals surface area contributed by atoms with Gasteiger partial charge in [-0.2, -0.15) is 5.26 Å². The molecular weight excluding hydrogens is 377 g/mol. The average Bonchev–Trinajstić information content (AvgIpc) is 3.09. The molecule has 27 heavy (non-hydrogen) atoms. The standard InChI is InChI=1S/C16H24N3O7P/c1-2-3-10-23-27(22,24-11-4-8-17)25-12-13-5-6-15(26-13)19-9-7-14(20)18-16(19)21/h7,9,13,15H,2-6,10-12H2,1H3,(H,18,20,21)/t13-,15+,27?/m0/s1. The molecule has 1 aromatic heterocycles. The largest absolute Gasteiger partial charge is 0.474 e. The molecule has 10 nitrogen and oxygen atoms in total.